The van der Waals surface area contributed by atoms with E-state index in [0.717, 1.165) is 43.5 Å². The third kappa shape index (κ3) is 5.67. The molecule has 2 aromatic rings. The molecule has 0 aromatic heterocycles. The second-order valence-electron chi connectivity index (χ2n) is 9.24. The van der Waals surface area contributed by atoms with Crippen LogP contribution in [0.4, 0.5) is 5.69 Å². The van der Waals surface area contributed by atoms with Crippen LogP contribution in [-0.4, -0.2) is 55.6 Å². The Morgan fingerprint density at radius 2 is 1.56 bits per heavy atom. The molecule has 0 atom stereocenters. The van der Waals surface area contributed by atoms with E-state index in [9.17, 15) is 18.0 Å². The van der Waals surface area contributed by atoms with E-state index >= 15 is 0 Å². The number of rotatable bonds is 6. The number of nitrogens with one attached hydrogen (secondary N) is 1. The highest BCUT2D eigenvalue weighted by atomic mass is 32.2. The molecule has 2 fully saturated rings. The minimum atomic E-state index is -3.45. The average Bonchev–Trinajstić information content (AvgIpc) is 2.86. The average molecular weight is 484 g/mol. The van der Waals surface area contributed by atoms with Gasteiger partial charge in [-0.1, -0.05) is 36.4 Å². The highest BCUT2D eigenvalue weighted by Gasteiger charge is 2.32. The third-order valence-electron chi connectivity index (χ3n) is 6.88. The first-order valence-electron chi connectivity index (χ1n) is 12.1. The lowest BCUT2D eigenvalue weighted by Gasteiger charge is -2.31. The van der Waals surface area contributed by atoms with Crippen LogP contribution in [0.25, 0.3) is 0 Å². The van der Waals surface area contributed by atoms with E-state index in [1.165, 1.54) is 4.31 Å². The lowest BCUT2D eigenvalue weighted by Crippen LogP contribution is -2.42. The Labute approximate surface area is 202 Å². The SMILES string of the molecule is Cc1ccccc1CS(=O)(=O)N1CCC(C(=O)Nc2ccccc2C(=O)N2CCCCC2)CC1. The second kappa shape index (κ2) is 10.7. The highest BCUT2D eigenvalue weighted by Crippen LogP contribution is 2.25. The number of para-hydroxylation sites is 1. The lowest BCUT2D eigenvalue weighted by molar-refractivity contribution is -0.120. The first-order chi connectivity index (χ1) is 16.3. The zero-order chi connectivity index (χ0) is 24.1. The smallest absolute Gasteiger partial charge is 0.255 e. The number of hydrogen-bond acceptors (Lipinski definition) is 4. The molecular weight excluding hydrogens is 450 g/mol. The minimum absolute atomic E-state index is 0.0253. The summed E-state index contributed by atoms with van der Waals surface area (Å²) >= 11 is 0. The standard InChI is InChI=1S/C26H33N3O4S/c1-20-9-3-4-10-22(20)19-34(32,33)29-17-13-21(14-18-29)25(30)27-24-12-6-5-11-23(24)26(31)28-15-7-2-8-16-28/h3-6,9-12,21H,2,7-8,13-19H2,1H3,(H,27,30). The van der Waals surface area contributed by atoms with Gasteiger partial charge in [-0.2, -0.15) is 0 Å². The van der Waals surface area contributed by atoms with Gasteiger partial charge >= 0.3 is 0 Å². The molecule has 4 rings (SSSR count). The predicted octanol–water partition coefficient (Wildman–Crippen LogP) is 3.80. The maximum absolute atomic E-state index is 13.0. The molecule has 2 aliphatic rings. The van der Waals surface area contributed by atoms with E-state index in [1.54, 1.807) is 12.1 Å². The number of hydrogen-bond donors (Lipinski definition) is 1. The van der Waals surface area contributed by atoms with Gasteiger partial charge in [0.1, 0.15) is 0 Å². The van der Waals surface area contributed by atoms with E-state index < -0.39 is 10.0 Å². The number of nitrogens with zero attached hydrogens (tertiary/aromatic N) is 2. The van der Waals surface area contributed by atoms with Crippen LogP contribution < -0.4 is 5.32 Å². The number of piperidine rings is 2. The van der Waals surface area contributed by atoms with Crippen molar-refractivity contribution in [3.63, 3.8) is 0 Å². The Morgan fingerprint density at radius 3 is 2.26 bits per heavy atom. The molecular formula is C26H33N3O4S. The number of amides is 2. The van der Waals surface area contributed by atoms with Crippen molar-refractivity contribution in [1.29, 1.82) is 0 Å². The van der Waals surface area contributed by atoms with Crippen LogP contribution >= 0.6 is 0 Å². The van der Waals surface area contributed by atoms with Crippen molar-refractivity contribution >= 4 is 27.5 Å². The Kier molecular flexibility index (Phi) is 7.68. The highest BCUT2D eigenvalue weighted by molar-refractivity contribution is 7.88. The largest absolute Gasteiger partial charge is 0.339 e. The number of carbonyl (C=O) groups is 2. The Bertz CT molecular complexity index is 1130. The van der Waals surface area contributed by atoms with Gasteiger partial charge in [-0.05, 0) is 62.3 Å². The van der Waals surface area contributed by atoms with Gasteiger partial charge in [0.05, 0.1) is 17.0 Å². The van der Waals surface area contributed by atoms with Crippen molar-refractivity contribution in [3.05, 3.63) is 65.2 Å². The first kappa shape index (κ1) is 24.4. The minimum Gasteiger partial charge on any atom is -0.339 e. The van der Waals surface area contributed by atoms with E-state index in [-0.39, 0.29) is 23.5 Å². The number of likely N-dealkylation sites (tertiary alicyclic amines) is 1. The van der Waals surface area contributed by atoms with Gasteiger partial charge in [-0.15, -0.1) is 0 Å². The van der Waals surface area contributed by atoms with Crippen LogP contribution in [-0.2, 0) is 20.6 Å². The van der Waals surface area contributed by atoms with Crippen LogP contribution in [0.5, 0.6) is 0 Å². The second-order valence-corrected chi connectivity index (χ2v) is 11.2. The Morgan fingerprint density at radius 1 is 0.912 bits per heavy atom. The molecule has 0 spiro atoms. The maximum Gasteiger partial charge on any atom is 0.255 e. The van der Waals surface area contributed by atoms with Gasteiger partial charge in [0.25, 0.3) is 5.91 Å². The first-order valence-corrected chi connectivity index (χ1v) is 13.7. The molecule has 0 unspecified atom stereocenters. The molecule has 34 heavy (non-hydrogen) atoms. The van der Waals surface area contributed by atoms with Crippen molar-refractivity contribution in [1.82, 2.24) is 9.21 Å². The zero-order valence-electron chi connectivity index (χ0n) is 19.7. The van der Waals surface area contributed by atoms with E-state index in [1.807, 2.05) is 48.2 Å². The summed E-state index contributed by atoms with van der Waals surface area (Å²) < 4.78 is 27.4. The number of anilines is 1. The Hall–Kier alpha value is -2.71. The van der Waals surface area contributed by atoms with Crippen LogP contribution in [0.2, 0.25) is 0 Å². The van der Waals surface area contributed by atoms with Crippen molar-refractivity contribution in [3.8, 4) is 0 Å². The molecule has 0 radical (unpaired) electrons. The fourth-order valence-electron chi connectivity index (χ4n) is 4.74. The molecule has 8 heteroatoms. The third-order valence-corrected chi connectivity index (χ3v) is 8.70. The summed E-state index contributed by atoms with van der Waals surface area (Å²) in [6, 6.07) is 14.6. The summed E-state index contributed by atoms with van der Waals surface area (Å²) in [7, 11) is -3.45. The summed E-state index contributed by atoms with van der Waals surface area (Å²) in [6.07, 6.45) is 4.07. The van der Waals surface area contributed by atoms with Gasteiger partial charge in [0, 0.05) is 32.1 Å². The molecule has 2 amide bonds. The summed E-state index contributed by atoms with van der Waals surface area (Å²) in [6.45, 7) is 4.05. The molecule has 2 saturated heterocycles. The van der Waals surface area contributed by atoms with E-state index in [4.69, 9.17) is 0 Å². The van der Waals surface area contributed by atoms with Gasteiger partial charge in [0.15, 0.2) is 0 Å². The van der Waals surface area contributed by atoms with Gasteiger partial charge in [0.2, 0.25) is 15.9 Å². The fourth-order valence-corrected chi connectivity index (χ4v) is 6.40. The molecule has 0 aliphatic carbocycles. The molecule has 2 heterocycles. The van der Waals surface area contributed by atoms with Crippen molar-refractivity contribution < 1.29 is 18.0 Å². The maximum atomic E-state index is 13.0. The molecule has 2 aromatic carbocycles. The van der Waals surface area contributed by atoms with Crippen LogP contribution in [0.15, 0.2) is 48.5 Å². The molecule has 7 nitrogen and oxygen atoms in total. The molecule has 1 N–H and O–H groups in total. The van der Waals surface area contributed by atoms with Gasteiger partial charge < -0.3 is 10.2 Å². The summed E-state index contributed by atoms with van der Waals surface area (Å²) in [4.78, 5) is 27.9. The van der Waals surface area contributed by atoms with Crippen molar-refractivity contribution in [2.24, 2.45) is 5.92 Å². The number of benzene rings is 2. The lowest BCUT2D eigenvalue weighted by atomic mass is 9.97. The quantitative estimate of drug-likeness (QED) is 0.677. The predicted molar refractivity (Wildman–Crippen MR) is 133 cm³/mol. The van der Waals surface area contributed by atoms with Crippen LogP contribution in [0.3, 0.4) is 0 Å². The normalized spacial score (nSPS) is 18.0. The topological polar surface area (TPSA) is 86.8 Å². The number of carbonyl (C=O) groups excluding carboxylic acids is 2. The van der Waals surface area contributed by atoms with Crippen LogP contribution in [0.1, 0.15) is 53.6 Å². The van der Waals surface area contributed by atoms with E-state index in [0.29, 0.717) is 37.2 Å². The monoisotopic (exact) mass is 483 g/mol. The summed E-state index contributed by atoms with van der Waals surface area (Å²) in [5.74, 6) is -0.520. The number of aryl methyl sites for hydroxylation is 1. The molecule has 0 saturated carbocycles. The van der Waals surface area contributed by atoms with Gasteiger partial charge in [-0.3, -0.25) is 9.59 Å². The fraction of sp³-hybridized carbons (Fsp3) is 0.462. The van der Waals surface area contributed by atoms with Crippen LogP contribution in [0, 0.1) is 12.8 Å². The number of sulfonamides is 1. The zero-order valence-corrected chi connectivity index (χ0v) is 20.5. The Balaban J connectivity index is 1.36. The van der Waals surface area contributed by atoms with Crippen molar-refractivity contribution in [2.75, 3.05) is 31.5 Å². The van der Waals surface area contributed by atoms with Crippen molar-refractivity contribution in [2.45, 2.75) is 44.8 Å². The van der Waals surface area contributed by atoms with Gasteiger partial charge in [-0.25, -0.2) is 12.7 Å². The van der Waals surface area contributed by atoms with E-state index in [2.05, 4.69) is 5.32 Å². The molecule has 182 valence electrons. The molecule has 2 aliphatic heterocycles. The summed E-state index contributed by atoms with van der Waals surface area (Å²) in [5.41, 5.74) is 2.80. The summed E-state index contributed by atoms with van der Waals surface area (Å²) in [5, 5.41) is 2.95. The molecule has 0 bridgehead atoms.